The minimum Gasteiger partial charge on any atom is -0.656 e. The van der Waals surface area contributed by atoms with Gasteiger partial charge in [0.2, 0.25) is 0 Å². The van der Waals surface area contributed by atoms with Gasteiger partial charge >= 0.3 is 27.2 Å². The van der Waals surface area contributed by atoms with Crippen molar-refractivity contribution in [3.05, 3.63) is 221 Å². The minimum atomic E-state index is -4.54. The van der Waals surface area contributed by atoms with E-state index in [0.717, 1.165) is 45.0 Å². The van der Waals surface area contributed by atoms with Crippen molar-refractivity contribution in [2.75, 3.05) is 0 Å². The van der Waals surface area contributed by atoms with E-state index in [2.05, 4.69) is 119 Å². The van der Waals surface area contributed by atoms with Crippen LogP contribution in [0.3, 0.4) is 0 Å². The van der Waals surface area contributed by atoms with E-state index >= 15 is 0 Å². The number of benzene rings is 8. The topological polar surface area (TPSA) is 44.8 Å². The van der Waals surface area contributed by atoms with Gasteiger partial charge in [-0.3, -0.25) is 9.55 Å². The van der Waals surface area contributed by atoms with Crippen molar-refractivity contribution < 1.29 is 34.2 Å². The maximum Gasteiger partial charge on any atom is 2.00 e. The van der Waals surface area contributed by atoms with Gasteiger partial charge in [-0.05, 0) is 133 Å². The first-order valence-corrected chi connectivity index (χ1v) is 22.7. The van der Waals surface area contributed by atoms with E-state index in [1.165, 1.54) is 61.7 Å². The van der Waals surface area contributed by atoms with Crippen LogP contribution in [-0.4, -0.2) is 14.5 Å². The molecule has 0 spiro atoms. The first kappa shape index (κ1) is 46.8. The maximum absolute atomic E-state index is 14.4. The third-order valence-electron chi connectivity index (χ3n) is 12.7. The number of para-hydroxylation sites is 3. The number of nitrogens with zero attached hydrogens (tertiary/aromatic N) is 4. The zero-order valence-corrected chi connectivity index (χ0v) is 41.3. The minimum absolute atomic E-state index is 0. The van der Waals surface area contributed by atoms with E-state index in [1.54, 1.807) is 24.3 Å². The van der Waals surface area contributed by atoms with E-state index < -0.39 is 11.7 Å². The Hall–Kier alpha value is -7.34. The van der Waals surface area contributed by atoms with Gasteiger partial charge in [0.25, 0.3) is 0 Å². The molecule has 3 heterocycles. The number of imidazole rings is 1. The summed E-state index contributed by atoms with van der Waals surface area (Å²) < 4.78 is 45.2. The van der Waals surface area contributed by atoms with Gasteiger partial charge < -0.3 is 4.98 Å². The zero-order chi connectivity index (χ0) is 47.3. The molecule has 0 saturated carbocycles. The molecule has 0 aliphatic heterocycles. The van der Waals surface area contributed by atoms with Gasteiger partial charge in [0.15, 0.2) is 0 Å². The van der Waals surface area contributed by atoms with Crippen LogP contribution in [0.5, 0.6) is 0 Å². The molecule has 0 amide bonds. The smallest absolute Gasteiger partial charge is 0.656 e. The SMILES string of the molecule is Cc1cc(C)c(-c2cc[c-]c(-c3cccc4c3nc(-c3ccc(C(F)(F)F)c5c3[n-]c3ccccc35)n4-c3ccccc3)c2)c(C)c1.Cc1cc(C)c(-c2cccc(-c3cccnc3)c2)c(C)c1.[Pt+2]. The molecule has 0 atom stereocenters. The van der Waals surface area contributed by atoms with Crippen LogP contribution >= 0.6 is 0 Å². The molecule has 8 heteroatoms. The van der Waals surface area contributed by atoms with Crippen molar-refractivity contribution in [1.29, 1.82) is 0 Å². The number of hydrogen-bond acceptors (Lipinski definition) is 2. The summed E-state index contributed by atoms with van der Waals surface area (Å²) in [4.78, 5) is 14.2. The van der Waals surface area contributed by atoms with Crippen molar-refractivity contribution in [2.24, 2.45) is 0 Å². The largest absolute Gasteiger partial charge is 2.00 e. The molecule has 0 radical (unpaired) electrons. The second-order valence-electron chi connectivity index (χ2n) is 17.7. The number of alkyl halides is 3. The van der Waals surface area contributed by atoms with Crippen LogP contribution in [0.4, 0.5) is 13.2 Å². The molecule has 0 aliphatic carbocycles. The van der Waals surface area contributed by atoms with Crippen LogP contribution in [0, 0.1) is 47.6 Å². The number of rotatable bonds is 6. The summed E-state index contributed by atoms with van der Waals surface area (Å²) in [6, 6.07) is 56.7. The molecule has 8 aromatic carbocycles. The molecule has 342 valence electrons. The van der Waals surface area contributed by atoms with E-state index in [4.69, 9.17) is 9.97 Å². The Balaban J connectivity index is 0.000000226. The van der Waals surface area contributed by atoms with Crippen molar-refractivity contribution in [2.45, 2.75) is 47.7 Å². The molecular formula is C61H47F3N4Pt. The molecule has 11 rings (SSSR count). The molecule has 69 heavy (non-hydrogen) atoms. The number of aromatic nitrogens is 4. The zero-order valence-electron chi connectivity index (χ0n) is 39.0. The predicted molar refractivity (Wildman–Crippen MR) is 273 cm³/mol. The number of hydrogen-bond donors (Lipinski definition) is 0. The van der Waals surface area contributed by atoms with Gasteiger partial charge in [-0.1, -0.05) is 126 Å². The molecule has 0 fully saturated rings. The Bertz CT molecular complexity index is 3640. The fraction of sp³-hybridized carbons (Fsp3) is 0.115. The summed E-state index contributed by atoms with van der Waals surface area (Å²) in [5, 5.41) is 0.551. The van der Waals surface area contributed by atoms with Gasteiger partial charge in [-0.2, -0.15) is 13.2 Å². The van der Waals surface area contributed by atoms with Crippen LogP contribution in [0.25, 0.3) is 94.4 Å². The Labute approximate surface area is 414 Å². The number of halogens is 3. The normalized spacial score (nSPS) is 11.4. The van der Waals surface area contributed by atoms with Gasteiger partial charge in [0.05, 0.1) is 16.6 Å². The fourth-order valence-electron chi connectivity index (χ4n) is 10.1. The van der Waals surface area contributed by atoms with Gasteiger partial charge in [0, 0.05) is 29.2 Å². The second-order valence-corrected chi connectivity index (χ2v) is 17.7. The maximum atomic E-state index is 14.4. The van der Waals surface area contributed by atoms with Gasteiger partial charge in [-0.25, -0.2) is 4.98 Å². The molecule has 0 bridgehead atoms. The van der Waals surface area contributed by atoms with Crippen LogP contribution in [-0.2, 0) is 27.2 Å². The van der Waals surface area contributed by atoms with E-state index in [9.17, 15) is 13.2 Å². The molecule has 11 aromatic rings. The molecule has 0 N–H and O–H groups in total. The van der Waals surface area contributed by atoms with Crippen molar-refractivity contribution in [1.82, 2.24) is 19.5 Å². The third kappa shape index (κ3) is 8.96. The summed E-state index contributed by atoms with van der Waals surface area (Å²) in [5.41, 5.74) is 19.6. The average molecular weight is 1090 g/mol. The summed E-state index contributed by atoms with van der Waals surface area (Å²) in [6.45, 7) is 12.9. The molecule has 0 saturated heterocycles. The standard InChI is InChI=1S/C41H28F3N3.C20H19N.Pt/c1-24-21-25(2)36(26(3)22-24)28-12-9-11-27(23-28)30-16-10-18-35-38(30)46-40(47(35)29-13-5-4-6-14-29)32-19-20-33(41(42,43)44)37-31-15-7-8-17-34(31)45-39(32)37;1-14-10-15(2)20(16(3)11-14)18-7-4-6-17(12-18)19-8-5-9-21-13-19;/h4-10,12-23H,1-3H3;4-13H,1-3H3;/q-2;;+2. The number of fused-ring (bicyclic) bond motifs is 4. The Morgan fingerprint density at radius 3 is 1.86 bits per heavy atom. The summed E-state index contributed by atoms with van der Waals surface area (Å²) in [7, 11) is 0. The van der Waals surface area contributed by atoms with E-state index in [1.807, 2.05) is 77.6 Å². The first-order chi connectivity index (χ1) is 32.8. The quantitative estimate of drug-likeness (QED) is 0.156. The van der Waals surface area contributed by atoms with Gasteiger partial charge in [-0.15, -0.1) is 46.4 Å². The van der Waals surface area contributed by atoms with Crippen LogP contribution in [0.15, 0.2) is 176 Å². The summed E-state index contributed by atoms with van der Waals surface area (Å²) >= 11 is 0. The Morgan fingerprint density at radius 2 is 1.19 bits per heavy atom. The fourth-order valence-corrected chi connectivity index (χ4v) is 10.1. The predicted octanol–water partition coefficient (Wildman–Crippen LogP) is 16.4. The van der Waals surface area contributed by atoms with Crippen molar-refractivity contribution in [3.8, 4) is 61.6 Å². The first-order valence-electron chi connectivity index (χ1n) is 22.7. The van der Waals surface area contributed by atoms with Crippen molar-refractivity contribution in [3.63, 3.8) is 0 Å². The summed E-state index contributed by atoms with van der Waals surface area (Å²) in [6.07, 6.45) is -0.826. The van der Waals surface area contributed by atoms with Gasteiger partial charge in [0.1, 0.15) is 5.82 Å². The molecular weight excluding hydrogens is 1040 g/mol. The molecule has 0 aliphatic rings. The number of pyridine rings is 1. The van der Waals surface area contributed by atoms with Crippen molar-refractivity contribution >= 4 is 32.8 Å². The molecule has 4 nitrogen and oxygen atoms in total. The Morgan fingerprint density at radius 1 is 0.565 bits per heavy atom. The molecule has 3 aromatic heterocycles. The van der Waals surface area contributed by atoms with E-state index in [0.29, 0.717) is 22.3 Å². The second kappa shape index (κ2) is 19.0. The van der Waals surface area contributed by atoms with Crippen LogP contribution < -0.4 is 4.98 Å². The Kier molecular flexibility index (Phi) is 12.9. The van der Waals surface area contributed by atoms with Crippen LogP contribution in [0.1, 0.15) is 38.9 Å². The molecule has 0 unspecified atom stereocenters. The van der Waals surface area contributed by atoms with E-state index in [-0.39, 0.29) is 32.0 Å². The number of aryl methyl sites for hydroxylation is 6. The monoisotopic (exact) mass is 1090 g/mol. The van der Waals surface area contributed by atoms with Crippen LogP contribution in [0.2, 0.25) is 0 Å². The summed E-state index contributed by atoms with van der Waals surface area (Å²) in [5.74, 6) is 0.515. The third-order valence-corrected chi connectivity index (χ3v) is 12.7. The average Bonchev–Trinajstić information content (AvgIpc) is 3.91.